The van der Waals surface area contributed by atoms with E-state index in [1.165, 1.54) is 25.7 Å². The van der Waals surface area contributed by atoms with Crippen LogP contribution >= 0.6 is 0 Å². The van der Waals surface area contributed by atoms with Crippen LogP contribution in [0.25, 0.3) is 0 Å². The van der Waals surface area contributed by atoms with Crippen molar-refractivity contribution in [2.45, 2.75) is 46.0 Å². The number of ether oxygens (including phenoxy) is 1. The molecule has 2 saturated carbocycles. The van der Waals surface area contributed by atoms with Gasteiger partial charge in [-0.3, -0.25) is 4.79 Å². The summed E-state index contributed by atoms with van der Waals surface area (Å²) in [5.41, 5.74) is 0.258. The van der Waals surface area contributed by atoms with E-state index < -0.39 is 0 Å². The van der Waals surface area contributed by atoms with E-state index in [0.717, 1.165) is 30.3 Å². The number of esters is 1. The third-order valence-corrected chi connectivity index (χ3v) is 5.64. The summed E-state index contributed by atoms with van der Waals surface area (Å²) in [7, 11) is 0. The largest absolute Gasteiger partial charge is 0.465 e. The lowest BCUT2D eigenvalue weighted by Gasteiger charge is -2.40. The molecule has 2 heteroatoms. The maximum Gasteiger partial charge on any atom is 0.306 e. The Morgan fingerprint density at radius 2 is 2.06 bits per heavy atom. The van der Waals surface area contributed by atoms with Gasteiger partial charge in [0.15, 0.2) is 0 Å². The minimum atomic E-state index is 0.0513. The van der Waals surface area contributed by atoms with Crippen LogP contribution in [0, 0.1) is 29.1 Å². The highest BCUT2D eigenvalue weighted by atomic mass is 16.5. The summed E-state index contributed by atoms with van der Waals surface area (Å²) in [6, 6.07) is 0. The maximum atomic E-state index is 11.4. The van der Waals surface area contributed by atoms with Gasteiger partial charge in [0.2, 0.25) is 0 Å². The van der Waals surface area contributed by atoms with E-state index in [2.05, 4.69) is 13.8 Å². The van der Waals surface area contributed by atoms with Crippen molar-refractivity contribution < 1.29 is 9.53 Å². The van der Waals surface area contributed by atoms with Gasteiger partial charge in [-0.15, -0.1) is 0 Å². The minimum absolute atomic E-state index is 0.0513. The first-order valence-corrected chi connectivity index (χ1v) is 6.86. The molecular formula is C14H22O2. The third kappa shape index (κ3) is 1.22. The lowest BCUT2D eigenvalue weighted by molar-refractivity contribution is -0.137. The minimum Gasteiger partial charge on any atom is -0.465 e. The van der Waals surface area contributed by atoms with Crippen LogP contribution in [0.15, 0.2) is 0 Å². The predicted octanol–water partition coefficient (Wildman–Crippen LogP) is 3.01. The Labute approximate surface area is 97.7 Å². The zero-order chi connectivity index (χ0) is 11.3. The van der Waals surface area contributed by atoms with E-state index in [1.807, 2.05) is 0 Å². The Morgan fingerprint density at radius 3 is 2.62 bits per heavy atom. The average molecular weight is 222 g/mol. The third-order valence-electron chi connectivity index (χ3n) is 5.64. The van der Waals surface area contributed by atoms with Crippen LogP contribution in [0.2, 0.25) is 0 Å². The molecule has 0 aromatic heterocycles. The van der Waals surface area contributed by atoms with Crippen LogP contribution in [-0.2, 0) is 9.53 Å². The molecule has 0 radical (unpaired) electrons. The zero-order valence-corrected chi connectivity index (χ0v) is 10.4. The summed E-state index contributed by atoms with van der Waals surface area (Å²) in [5.74, 6) is 3.50. The number of fused-ring (bicyclic) bond motifs is 3. The van der Waals surface area contributed by atoms with Gasteiger partial charge in [-0.2, -0.15) is 0 Å². The number of carbonyl (C=O) groups excluding carboxylic acids is 1. The van der Waals surface area contributed by atoms with Gasteiger partial charge in [-0.25, -0.2) is 0 Å². The Morgan fingerprint density at radius 1 is 1.31 bits per heavy atom. The topological polar surface area (TPSA) is 26.3 Å². The first-order valence-electron chi connectivity index (χ1n) is 6.86. The highest BCUT2D eigenvalue weighted by molar-refractivity contribution is 5.72. The number of hydrogen-bond acceptors (Lipinski definition) is 2. The molecule has 1 heterocycles. The van der Waals surface area contributed by atoms with Crippen molar-refractivity contribution in [2.75, 3.05) is 6.61 Å². The van der Waals surface area contributed by atoms with E-state index in [1.54, 1.807) is 0 Å². The van der Waals surface area contributed by atoms with E-state index in [4.69, 9.17) is 4.74 Å². The number of carbonyl (C=O) groups is 1. The Bertz CT molecular complexity index is 312. The monoisotopic (exact) mass is 222 g/mol. The quantitative estimate of drug-likeness (QED) is 0.671. The molecule has 3 rings (SSSR count). The van der Waals surface area contributed by atoms with Gasteiger partial charge >= 0.3 is 5.97 Å². The smallest absolute Gasteiger partial charge is 0.306 e. The summed E-state index contributed by atoms with van der Waals surface area (Å²) in [6.07, 6.45) is 5.95. The van der Waals surface area contributed by atoms with Crippen LogP contribution in [0.3, 0.4) is 0 Å². The van der Waals surface area contributed by atoms with Crippen LogP contribution in [-0.4, -0.2) is 12.6 Å². The molecule has 0 amide bonds. The molecule has 90 valence electrons. The zero-order valence-electron chi connectivity index (χ0n) is 10.4. The van der Waals surface area contributed by atoms with Gasteiger partial charge in [-0.05, 0) is 36.5 Å². The summed E-state index contributed by atoms with van der Waals surface area (Å²) in [5, 5.41) is 0. The van der Waals surface area contributed by atoms with Crippen LogP contribution < -0.4 is 0 Å². The van der Waals surface area contributed by atoms with Gasteiger partial charge in [-0.1, -0.05) is 26.7 Å². The van der Waals surface area contributed by atoms with Gasteiger partial charge < -0.3 is 4.74 Å². The first-order chi connectivity index (χ1) is 7.70. The van der Waals surface area contributed by atoms with E-state index in [-0.39, 0.29) is 11.4 Å². The Balaban J connectivity index is 1.86. The highest BCUT2D eigenvalue weighted by Gasteiger charge is 2.61. The molecule has 1 aliphatic heterocycles. The summed E-state index contributed by atoms with van der Waals surface area (Å²) < 4.78 is 5.27. The van der Waals surface area contributed by atoms with E-state index in [0.29, 0.717) is 6.42 Å². The molecule has 1 saturated heterocycles. The Hall–Kier alpha value is -0.530. The lowest BCUT2D eigenvalue weighted by Crippen LogP contribution is -2.37. The van der Waals surface area contributed by atoms with Gasteiger partial charge in [0.05, 0.1) is 13.0 Å². The second kappa shape index (κ2) is 3.48. The molecule has 0 aromatic rings. The summed E-state index contributed by atoms with van der Waals surface area (Å²) in [4.78, 5) is 11.4. The molecule has 2 nitrogen and oxygen atoms in total. The van der Waals surface area contributed by atoms with E-state index in [9.17, 15) is 4.79 Å². The molecule has 16 heavy (non-hydrogen) atoms. The number of cyclic esters (lactones) is 1. The molecule has 5 unspecified atom stereocenters. The van der Waals surface area contributed by atoms with Gasteiger partial charge in [0, 0.05) is 5.41 Å². The molecule has 5 atom stereocenters. The Kier molecular flexibility index (Phi) is 2.31. The number of hydrogen-bond donors (Lipinski definition) is 0. The van der Waals surface area contributed by atoms with Crippen molar-refractivity contribution in [3.8, 4) is 0 Å². The summed E-state index contributed by atoms with van der Waals surface area (Å²) >= 11 is 0. The van der Waals surface area contributed by atoms with Gasteiger partial charge in [0.1, 0.15) is 0 Å². The molecule has 1 spiro atoms. The predicted molar refractivity (Wildman–Crippen MR) is 61.8 cm³/mol. The van der Waals surface area contributed by atoms with Crippen molar-refractivity contribution in [1.29, 1.82) is 0 Å². The molecule has 2 aliphatic carbocycles. The van der Waals surface area contributed by atoms with E-state index >= 15 is 0 Å². The van der Waals surface area contributed by atoms with Crippen molar-refractivity contribution in [1.82, 2.24) is 0 Å². The normalized spacial score (nSPS) is 50.2. The summed E-state index contributed by atoms with van der Waals surface area (Å²) in [6.45, 7) is 5.37. The van der Waals surface area contributed by atoms with Crippen molar-refractivity contribution >= 4 is 5.97 Å². The fraction of sp³-hybridized carbons (Fsp3) is 0.929. The lowest BCUT2D eigenvalue weighted by atomic mass is 9.63. The molecule has 2 bridgehead atoms. The first kappa shape index (κ1) is 10.6. The second-order valence-corrected chi connectivity index (χ2v) is 6.15. The van der Waals surface area contributed by atoms with Crippen LogP contribution in [0.1, 0.15) is 46.0 Å². The average Bonchev–Trinajstić information content (AvgIpc) is 2.91. The number of rotatable bonds is 2. The molecule has 0 aromatic carbocycles. The standard InChI is InChI=1S/C14H22O2/c1-3-10-9-5-12(11(10)4-2)14(6-9)7-13(15)16-8-14/h9-12H,3-8H2,1-2H3. The van der Waals surface area contributed by atoms with Crippen molar-refractivity contribution in [3.63, 3.8) is 0 Å². The SMILES string of the molecule is CCC1C2CC(C1CC)C1(COC(=O)C1)C2. The second-order valence-electron chi connectivity index (χ2n) is 6.15. The van der Waals surface area contributed by atoms with Crippen molar-refractivity contribution in [2.24, 2.45) is 29.1 Å². The molecule has 3 fully saturated rings. The molecule has 0 N–H and O–H groups in total. The highest BCUT2D eigenvalue weighted by Crippen LogP contribution is 2.65. The van der Waals surface area contributed by atoms with Crippen LogP contribution in [0.5, 0.6) is 0 Å². The van der Waals surface area contributed by atoms with Crippen LogP contribution in [0.4, 0.5) is 0 Å². The molecule has 3 aliphatic rings. The fourth-order valence-corrected chi connectivity index (χ4v) is 5.14. The van der Waals surface area contributed by atoms with Crippen molar-refractivity contribution in [3.05, 3.63) is 0 Å². The van der Waals surface area contributed by atoms with Gasteiger partial charge in [0.25, 0.3) is 0 Å². The fourth-order valence-electron chi connectivity index (χ4n) is 5.14. The molecular weight excluding hydrogens is 200 g/mol. The maximum absolute atomic E-state index is 11.4.